The summed E-state index contributed by atoms with van der Waals surface area (Å²) in [6, 6.07) is 0. The minimum Gasteiger partial charge on any atom is -0.392 e. The van der Waals surface area contributed by atoms with Gasteiger partial charge in [0.25, 0.3) is 0 Å². The summed E-state index contributed by atoms with van der Waals surface area (Å²) in [5, 5.41) is 8.99. The number of aliphatic hydroxyl groups excluding tert-OH is 1. The maximum atomic E-state index is 8.99. The second-order valence-electron chi connectivity index (χ2n) is 17.4. The molecule has 0 amide bonds. The van der Waals surface area contributed by atoms with Gasteiger partial charge in [0.15, 0.2) is 0 Å². The summed E-state index contributed by atoms with van der Waals surface area (Å²) in [6.45, 7) is 27.2. The highest BCUT2D eigenvalue weighted by Gasteiger charge is 1.98. The second-order valence-corrected chi connectivity index (χ2v) is 17.4. The Labute approximate surface area is 350 Å². The van der Waals surface area contributed by atoms with E-state index < -0.39 is 0 Å². The molecule has 0 aromatic rings. The Morgan fingerprint density at radius 2 is 0.375 bits per heavy atom. The second kappa shape index (κ2) is 35.3. The zero-order valence-electron chi connectivity index (χ0n) is 39.1. The first-order valence-corrected chi connectivity index (χ1v) is 22.5. The quantitative estimate of drug-likeness (QED) is 0.0697. The van der Waals surface area contributed by atoms with Crippen LogP contribution in [0.15, 0.2) is 128 Å². The standard InChI is InChI=1S/C55H90O/c1-45(2)23-13-24-46(3)25-14-26-47(4)27-15-28-48(5)29-16-30-49(6)31-17-32-50(7)33-18-34-51(8)35-19-36-52(9)37-20-38-53(10)39-21-40-54(11)41-22-42-55(12)43-44-56/h23,25,27,29,31,33,35,37,39,41,43,56H,13-22,24,26,28,30,32,34,36,38,40,42,44H2,1-12H3/b46-25-,47-27-,48-29-,49-31+,50-33+,51-35+,52-37+,53-39+,54-41+,55-43+. The van der Waals surface area contributed by atoms with Crippen LogP contribution in [-0.2, 0) is 0 Å². The number of hydrogen-bond donors (Lipinski definition) is 1. The molecule has 0 spiro atoms. The van der Waals surface area contributed by atoms with Gasteiger partial charge in [-0.25, -0.2) is 0 Å². The summed E-state index contributed by atoms with van der Waals surface area (Å²) in [5.41, 5.74) is 16.4. The lowest BCUT2D eigenvalue weighted by atomic mass is 10.0. The molecule has 0 fully saturated rings. The molecule has 1 heteroatoms. The average molecular weight is 767 g/mol. The van der Waals surface area contributed by atoms with E-state index in [-0.39, 0.29) is 6.61 Å². The molecular weight excluding hydrogens is 677 g/mol. The van der Waals surface area contributed by atoms with E-state index >= 15 is 0 Å². The Bertz CT molecular complexity index is 1410. The highest BCUT2D eigenvalue weighted by molar-refractivity contribution is 5.11. The molecule has 0 saturated carbocycles. The monoisotopic (exact) mass is 767 g/mol. The summed E-state index contributed by atoms with van der Waals surface area (Å²) >= 11 is 0. The Balaban J connectivity index is 4.26. The summed E-state index contributed by atoms with van der Waals surface area (Å²) in [5.74, 6) is 0. The fourth-order valence-corrected chi connectivity index (χ4v) is 6.68. The van der Waals surface area contributed by atoms with Gasteiger partial charge in [-0.15, -0.1) is 0 Å². The van der Waals surface area contributed by atoms with Crippen LogP contribution >= 0.6 is 0 Å². The first kappa shape index (κ1) is 53.1. The van der Waals surface area contributed by atoms with E-state index in [1.54, 1.807) is 0 Å². The lowest BCUT2D eigenvalue weighted by Crippen LogP contribution is -1.84. The van der Waals surface area contributed by atoms with Crippen LogP contribution in [0.25, 0.3) is 0 Å². The van der Waals surface area contributed by atoms with Crippen LogP contribution in [0.2, 0.25) is 0 Å². The van der Waals surface area contributed by atoms with Gasteiger partial charge < -0.3 is 5.11 Å². The Morgan fingerprint density at radius 3 is 0.518 bits per heavy atom. The first-order chi connectivity index (χ1) is 26.7. The molecule has 0 aliphatic carbocycles. The van der Waals surface area contributed by atoms with Gasteiger partial charge in [-0.05, 0) is 212 Å². The third kappa shape index (κ3) is 35.5. The third-order valence-electron chi connectivity index (χ3n) is 10.8. The van der Waals surface area contributed by atoms with Crippen molar-refractivity contribution >= 4 is 0 Å². The molecular formula is C55H90O. The molecule has 0 radical (unpaired) electrons. The topological polar surface area (TPSA) is 20.2 Å². The zero-order chi connectivity index (χ0) is 42.0. The van der Waals surface area contributed by atoms with E-state index in [0.717, 1.165) is 70.6 Å². The van der Waals surface area contributed by atoms with Crippen LogP contribution in [0.3, 0.4) is 0 Å². The Hall–Kier alpha value is -2.90. The van der Waals surface area contributed by atoms with Crippen LogP contribution in [-0.4, -0.2) is 11.7 Å². The fourth-order valence-electron chi connectivity index (χ4n) is 6.68. The van der Waals surface area contributed by atoms with Crippen LogP contribution in [0.5, 0.6) is 0 Å². The molecule has 0 heterocycles. The van der Waals surface area contributed by atoms with Gasteiger partial charge in [0, 0.05) is 0 Å². The van der Waals surface area contributed by atoms with Crippen molar-refractivity contribution in [2.75, 3.05) is 6.61 Å². The number of rotatable bonds is 31. The maximum Gasteiger partial charge on any atom is 0.0614 e. The summed E-state index contributed by atoms with van der Waals surface area (Å²) in [6.07, 6.45) is 49.3. The van der Waals surface area contributed by atoms with Crippen molar-refractivity contribution in [2.45, 2.75) is 212 Å². The van der Waals surface area contributed by atoms with Crippen molar-refractivity contribution in [3.63, 3.8) is 0 Å². The molecule has 0 atom stereocenters. The van der Waals surface area contributed by atoms with E-state index in [1.807, 2.05) is 6.08 Å². The largest absolute Gasteiger partial charge is 0.392 e. The molecule has 0 aliphatic heterocycles. The molecule has 0 aromatic carbocycles. The van der Waals surface area contributed by atoms with Crippen LogP contribution in [0.1, 0.15) is 212 Å². The molecule has 1 nitrogen and oxygen atoms in total. The van der Waals surface area contributed by atoms with Crippen molar-refractivity contribution in [3.05, 3.63) is 128 Å². The molecule has 0 aromatic heterocycles. The van der Waals surface area contributed by atoms with Crippen LogP contribution < -0.4 is 0 Å². The Morgan fingerprint density at radius 1 is 0.232 bits per heavy atom. The molecule has 0 aliphatic rings. The van der Waals surface area contributed by atoms with E-state index in [9.17, 15) is 0 Å². The third-order valence-corrected chi connectivity index (χ3v) is 10.8. The van der Waals surface area contributed by atoms with Gasteiger partial charge >= 0.3 is 0 Å². The van der Waals surface area contributed by atoms with E-state index in [4.69, 9.17) is 5.11 Å². The average Bonchev–Trinajstić information content (AvgIpc) is 3.11. The minimum absolute atomic E-state index is 0.149. The fraction of sp³-hybridized carbons (Fsp3) is 0.600. The van der Waals surface area contributed by atoms with E-state index in [0.29, 0.717) is 0 Å². The van der Waals surface area contributed by atoms with Gasteiger partial charge in [0.2, 0.25) is 0 Å². The number of aliphatic hydroxyl groups is 1. The smallest absolute Gasteiger partial charge is 0.0614 e. The molecule has 56 heavy (non-hydrogen) atoms. The molecule has 0 saturated heterocycles. The maximum absolute atomic E-state index is 8.99. The lowest BCUT2D eigenvalue weighted by molar-refractivity contribution is 0.341. The first-order valence-electron chi connectivity index (χ1n) is 22.5. The molecule has 1 N–H and O–H groups in total. The van der Waals surface area contributed by atoms with E-state index in [2.05, 4.69) is 144 Å². The SMILES string of the molecule is CC(C)=CCC/C(C)=C\CC/C(C)=C\CC/C(C)=C\CC/C(C)=C/CC/C(C)=C/CC/C(C)=C/CC/C(C)=C/CC/C(C)=C/CC/C(C)=C/CC/C(C)=C/CO. The van der Waals surface area contributed by atoms with Crippen LogP contribution in [0, 0.1) is 0 Å². The van der Waals surface area contributed by atoms with Gasteiger partial charge in [-0.1, -0.05) is 128 Å². The van der Waals surface area contributed by atoms with Gasteiger partial charge in [0.05, 0.1) is 6.61 Å². The highest BCUT2D eigenvalue weighted by atomic mass is 16.2. The molecule has 0 bridgehead atoms. The summed E-state index contributed by atoms with van der Waals surface area (Å²) < 4.78 is 0. The summed E-state index contributed by atoms with van der Waals surface area (Å²) in [4.78, 5) is 0. The van der Waals surface area contributed by atoms with Crippen molar-refractivity contribution in [1.82, 2.24) is 0 Å². The van der Waals surface area contributed by atoms with Crippen molar-refractivity contribution in [1.29, 1.82) is 0 Å². The van der Waals surface area contributed by atoms with Crippen LogP contribution in [0.4, 0.5) is 0 Å². The minimum atomic E-state index is 0.149. The Kier molecular flexibility index (Phi) is 33.5. The predicted octanol–water partition coefficient (Wildman–Crippen LogP) is 18.2. The molecule has 0 rings (SSSR count). The molecule has 0 unspecified atom stereocenters. The lowest BCUT2D eigenvalue weighted by Gasteiger charge is -2.04. The predicted molar refractivity (Wildman–Crippen MR) is 256 cm³/mol. The normalized spacial score (nSPS) is 14.9. The summed E-state index contributed by atoms with van der Waals surface area (Å²) in [7, 11) is 0. The van der Waals surface area contributed by atoms with Crippen molar-refractivity contribution in [3.8, 4) is 0 Å². The van der Waals surface area contributed by atoms with Gasteiger partial charge in [0.1, 0.15) is 0 Å². The van der Waals surface area contributed by atoms with E-state index in [1.165, 1.54) is 119 Å². The van der Waals surface area contributed by atoms with Gasteiger partial charge in [-0.3, -0.25) is 0 Å². The highest BCUT2D eigenvalue weighted by Crippen LogP contribution is 2.18. The number of hydrogen-bond acceptors (Lipinski definition) is 1. The van der Waals surface area contributed by atoms with Crippen molar-refractivity contribution < 1.29 is 5.11 Å². The zero-order valence-corrected chi connectivity index (χ0v) is 39.1. The van der Waals surface area contributed by atoms with Crippen molar-refractivity contribution in [2.24, 2.45) is 0 Å². The van der Waals surface area contributed by atoms with Gasteiger partial charge in [-0.2, -0.15) is 0 Å². The molecule has 316 valence electrons. The number of allylic oxidation sites excluding steroid dienone is 21.